The normalized spacial score (nSPS) is 21.7. The van der Waals surface area contributed by atoms with Gasteiger partial charge in [0.1, 0.15) is 5.75 Å². The highest BCUT2D eigenvalue weighted by Crippen LogP contribution is 2.35. The summed E-state index contributed by atoms with van der Waals surface area (Å²) < 4.78 is 6.92. The molecule has 3 nitrogen and oxygen atoms in total. The summed E-state index contributed by atoms with van der Waals surface area (Å²) in [5.41, 5.74) is 1.01. The molecule has 116 valence electrons. The van der Waals surface area contributed by atoms with E-state index in [0.29, 0.717) is 12.3 Å². The quantitative estimate of drug-likeness (QED) is 0.836. The fourth-order valence-electron chi connectivity index (χ4n) is 2.89. The maximum absolute atomic E-state index is 11.7. The Labute approximate surface area is 135 Å². The van der Waals surface area contributed by atoms with E-state index in [0.717, 1.165) is 41.7 Å². The molecule has 1 saturated heterocycles. The van der Waals surface area contributed by atoms with E-state index in [9.17, 15) is 4.79 Å². The monoisotopic (exact) mass is 353 g/mol. The molecular formula is C17H24BrNO2. The minimum absolute atomic E-state index is 0.151. The van der Waals surface area contributed by atoms with Gasteiger partial charge in [-0.15, -0.1) is 0 Å². The van der Waals surface area contributed by atoms with Crippen molar-refractivity contribution in [3.8, 4) is 5.75 Å². The van der Waals surface area contributed by atoms with Crippen LogP contribution in [0, 0.1) is 5.92 Å². The van der Waals surface area contributed by atoms with Crippen LogP contribution in [0.2, 0.25) is 0 Å². The molecule has 1 aliphatic rings. The number of hydrogen-bond donors (Lipinski definition) is 1. The number of halogens is 1. The van der Waals surface area contributed by atoms with E-state index in [2.05, 4.69) is 48.1 Å². The van der Waals surface area contributed by atoms with Crippen molar-refractivity contribution in [3.05, 3.63) is 28.2 Å². The van der Waals surface area contributed by atoms with Crippen LogP contribution in [0.4, 0.5) is 0 Å². The Balaban J connectivity index is 2.27. The van der Waals surface area contributed by atoms with E-state index in [1.165, 1.54) is 0 Å². The minimum Gasteiger partial charge on any atom is -0.493 e. The molecule has 0 bridgehead atoms. The van der Waals surface area contributed by atoms with Crippen molar-refractivity contribution >= 4 is 21.8 Å². The molecule has 21 heavy (non-hydrogen) atoms. The lowest BCUT2D eigenvalue weighted by molar-refractivity contribution is -0.120. The predicted octanol–water partition coefficient (Wildman–Crippen LogP) is 4.09. The highest BCUT2D eigenvalue weighted by molar-refractivity contribution is 9.10. The third-order valence-corrected chi connectivity index (χ3v) is 4.78. The van der Waals surface area contributed by atoms with Crippen LogP contribution in [0.25, 0.3) is 0 Å². The van der Waals surface area contributed by atoms with Crippen LogP contribution in [0.3, 0.4) is 0 Å². The number of benzene rings is 1. The van der Waals surface area contributed by atoms with Gasteiger partial charge >= 0.3 is 0 Å². The maximum Gasteiger partial charge on any atom is 0.220 e. The molecular weight excluding hydrogens is 330 g/mol. The number of carbonyl (C=O) groups excluding carboxylic acids is 1. The summed E-state index contributed by atoms with van der Waals surface area (Å²) in [5, 5.41) is 3.21. The third-order valence-electron chi connectivity index (χ3n) is 4.28. The first kappa shape index (κ1) is 16.3. The number of nitrogens with one attached hydrogen (secondary N) is 1. The molecule has 1 fully saturated rings. The Morgan fingerprint density at radius 2 is 2.19 bits per heavy atom. The van der Waals surface area contributed by atoms with E-state index in [1.54, 1.807) is 0 Å². The molecule has 0 saturated carbocycles. The zero-order valence-electron chi connectivity index (χ0n) is 13.0. The Kier molecular flexibility index (Phi) is 5.31. The maximum atomic E-state index is 11.7. The third kappa shape index (κ3) is 3.79. The van der Waals surface area contributed by atoms with Crippen molar-refractivity contribution in [1.82, 2.24) is 5.32 Å². The number of amides is 1. The van der Waals surface area contributed by atoms with Gasteiger partial charge in [0.15, 0.2) is 0 Å². The summed E-state index contributed by atoms with van der Waals surface area (Å²) in [4.78, 5) is 11.7. The van der Waals surface area contributed by atoms with Crippen LogP contribution in [0.1, 0.15) is 45.6 Å². The van der Waals surface area contributed by atoms with Crippen LogP contribution in [0.5, 0.6) is 5.75 Å². The molecule has 0 aliphatic carbocycles. The molecule has 1 amide bonds. The van der Waals surface area contributed by atoms with Crippen molar-refractivity contribution in [3.63, 3.8) is 0 Å². The SMILES string of the molecule is CCCOc1ccc(Br)cc1CC1(C(C)C)CCC(=O)N1. The van der Waals surface area contributed by atoms with Gasteiger partial charge in [0.2, 0.25) is 5.91 Å². The van der Waals surface area contributed by atoms with Crippen molar-refractivity contribution in [2.24, 2.45) is 5.92 Å². The molecule has 4 heteroatoms. The molecule has 1 aliphatic heterocycles. The highest BCUT2D eigenvalue weighted by Gasteiger charge is 2.40. The molecule has 1 atom stereocenters. The second-order valence-corrected chi connectivity index (χ2v) is 7.05. The average molecular weight is 354 g/mol. The summed E-state index contributed by atoms with van der Waals surface area (Å²) in [5.74, 6) is 1.48. The van der Waals surface area contributed by atoms with Gasteiger partial charge in [0, 0.05) is 16.4 Å². The fourth-order valence-corrected chi connectivity index (χ4v) is 3.30. The summed E-state index contributed by atoms with van der Waals surface area (Å²) in [7, 11) is 0. The summed E-state index contributed by atoms with van der Waals surface area (Å²) in [6.45, 7) is 7.17. The van der Waals surface area contributed by atoms with E-state index >= 15 is 0 Å². The predicted molar refractivity (Wildman–Crippen MR) is 88.6 cm³/mol. The van der Waals surface area contributed by atoms with Crippen molar-refractivity contribution < 1.29 is 9.53 Å². The molecule has 1 heterocycles. The van der Waals surface area contributed by atoms with E-state index in [-0.39, 0.29) is 11.4 Å². The van der Waals surface area contributed by atoms with Gasteiger partial charge in [-0.1, -0.05) is 36.7 Å². The van der Waals surface area contributed by atoms with E-state index < -0.39 is 0 Å². The first-order valence-electron chi connectivity index (χ1n) is 7.69. The Hall–Kier alpha value is -1.03. The van der Waals surface area contributed by atoms with Gasteiger partial charge < -0.3 is 10.1 Å². The Morgan fingerprint density at radius 3 is 2.76 bits per heavy atom. The zero-order chi connectivity index (χ0) is 15.5. The lowest BCUT2D eigenvalue weighted by Crippen LogP contribution is -2.48. The summed E-state index contributed by atoms with van der Waals surface area (Å²) >= 11 is 3.54. The first-order valence-corrected chi connectivity index (χ1v) is 8.48. The van der Waals surface area contributed by atoms with Crippen LogP contribution in [-0.2, 0) is 11.2 Å². The van der Waals surface area contributed by atoms with Gasteiger partial charge in [0.25, 0.3) is 0 Å². The number of hydrogen-bond acceptors (Lipinski definition) is 2. The van der Waals surface area contributed by atoms with Crippen molar-refractivity contribution in [2.75, 3.05) is 6.61 Å². The van der Waals surface area contributed by atoms with Gasteiger partial charge in [-0.05, 0) is 48.9 Å². The number of carbonyl (C=O) groups is 1. The molecule has 1 aromatic carbocycles. The number of rotatable bonds is 6. The first-order chi connectivity index (χ1) is 9.97. The molecule has 1 unspecified atom stereocenters. The Bertz CT molecular complexity index is 516. The lowest BCUT2D eigenvalue weighted by atomic mass is 9.79. The largest absolute Gasteiger partial charge is 0.493 e. The fraction of sp³-hybridized carbons (Fsp3) is 0.588. The smallest absolute Gasteiger partial charge is 0.220 e. The lowest BCUT2D eigenvalue weighted by Gasteiger charge is -2.34. The minimum atomic E-state index is -0.151. The van der Waals surface area contributed by atoms with Crippen LogP contribution in [0.15, 0.2) is 22.7 Å². The van der Waals surface area contributed by atoms with Gasteiger partial charge in [-0.2, -0.15) is 0 Å². The van der Waals surface area contributed by atoms with E-state index in [1.807, 2.05) is 12.1 Å². The summed E-state index contributed by atoms with van der Waals surface area (Å²) in [6.07, 6.45) is 3.32. The molecule has 1 N–H and O–H groups in total. The van der Waals surface area contributed by atoms with Crippen molar-refractivity contribution in [2.45, 2.75) is 52.0 Å². The highest BCUT2D eigenvalue weighted by atomic mass is 79.9. The Morgan fingerprint density at radius 1 is 1.43 bits per heavy atom. The van der Waals surface area contributed by atoms with Crippen LogP contribution in [-0.4, -0.2) is 18.1 Å². The van der Waals surface area contributed by atoms with Gasteiger partial charge in [0.05, 0.1) is 6.61 Å². The average Bonchev–Trinajstić information content (AvgIpc) is 2.80. The van der Waals surface area contributed by atoms with Crippen molar-refractivity contribution in [1.29, 1.82) is 0 Å². The van der Waals surface area contributed by atoms with Crippen LogP contribution >= 0.6 is 15.9 Å². The van der Waals surface area contributed by atoms with E-state index in [4.69, 9.17) is 4.74 Å². The molecule has 0 aromatic heterocycles. The summed E-state index contributed by atoms with van der Waals surface area (Å²) in [6, 6.07) is 6.13. The molecule has 0 radical (unpaired) electrons. The second kappa shape index (κ2) is 6.82. The van der Waals surface area contributed by atoms with Gasteiger partial charge in [-0.25, -0.2) is 0 Å². The number of ether oxygens (including phenoxy) is 1. The van der Waals surface area contributed by atoms with Gasteiger partial charge in [-0.3, -0.25) is 4.79 Å². The topological polar surface area (TPSA) is 38.3 Å². The molecule has 1 aromatic rings. The second-order valence-electron chi connectivity index (χ2n) is 6.14. The molecule has 2 rings (SSSR count). The standard InChI is InChI=1S/C17H24BrNO2/c1-4-9-21-15-6-5-14(18)10-13(15)11-17(12(2)3)8-7-16(20)19-17/h5-6,10,12H,4,7-9,11H2,1-3H3,(H,19,20). The van der Waals surface area contributed by atoms with Crippen LogP contribution < -0.4 is 10.1 Å². The zero-order valence-corrected chi connectivity index (χ0v) is 14.6. The molecule has 0 spiro atoms.